The van der Waals surface area contributed by atoms with Crippen molar-refractivity contribution in [2.24, 2.45) is 0 Å². The van der Waals surface area contributed by atoms with Gasteiger partial charge in [0.2, 0.25) is 5.91 Å². The molecule has 414 valence electrons. The second-order valence-corrected chi connectivity index (χ2v) is 19.7. The van der Waals surface area contributed by atoms with Gasteiger partial charge < -0.3 is 45.1 Å². The summed E-state index contributed by atoms with van der Waals surface area (Å²) in [7, 11) is 0. The van der Waals surface area contributed by atoms with Gasteiger partial charge in [0.05, 0.1) is 25.4 Å². The number of hydrogen-bond acceptors (Lipinski definition) is 10. The van der Waals surface area contributed by atoms with Gasteiger partial charge in [0, 0.05) is 6.42 Å². The van der Waals surface area contributed by atoms with Crippen LogP contribution in [-0.2, 0) is 23.8 Å². The van der Waals surface area contributed by atoms with E-state index in [1.807, 2.05) is 42.5 Å². The number of aliphatic hydroxyl groups excluding tert-OH is 5. The molecule has 0 aromatic carbocycles. The fourth-order valence-electron chi connectivity index (χ4n) is 8.51. The first-order chi connectivity index (χ1) is 35.2. The number of carbonyl (C=O) groups is 2. The summed E-state index contributed by atoms with van der Waals surface area (Å²) in [6.45, 7) is 5.58. The van der Waals surface area contributed by atoms with Gasteiger partial charge >= 0.3 is 5.97 Å². The van der Waals surface area contributed by atoms with E-state index in [-0.39, 0.29) is 19.4 Å². The number of allylic oxidation sites excluding steroid dienone is 13. The van der Waals surface area contributed by atoms with Crippen LogP contribution in [0.5, 0.6) is 0 Å². The number of ether oxygens (including phenoxy) is 3. The Labute approximate surface area is 438 Å². The van der Waals surface area contributed by atoms with Crippen LogP contribution in [-0.4, -0.2) is 99.6 Å². The molecular formula is C61H105NO10. The molecule has 0 aromatic heterocycles. The quantitative estimate of drug-likeness (QED) is 0.0149. The van der Waals surface area contributed by atoms with Gasteiger partial charge in [-0.2, -0.15) is 0 Å². The van der Waals surface area contributed by atoms with Crippen LogP contribution in [0.15, 0.2) is 85.1 Å². The van der Waals surface area contributed by atoms with Crippen molar-refractivity contribution in [2.45, 2.75) is 275 Å². The minimum atomic E-state index is -1.63. The minimum absolute atomic E-state index is 0.0927. The standard InChI is InChI=1S/C61H105NO10/c1-4-7-10-13-16-19-22-25-27-29-30-33-36-39-42-45-48-54(65)60(69)62-52(53(64)47-44-41-38-35-32-24-21-18-15-12-9-6-3)51-70-61-59(58(68)57(67)55(50-63)71-61)72-56(66)49-46-43-40-37-34-31-28-26-23-20-17-14-11-8-5-2/h8,11,14,16-17,19-20,23,25-28,44,47,52-55,57-59,61,63-65,67-68H,4-7,9-10,12-13,15,18,21-22,24,29-43,45-46,48-51H2,1-3H3,(H,62,69)/b11-8+,17-14+,19-16-,23-20+,27-25-,28-26-,47-44+. The highest BCUT2D eigenvalue weighted by Crippen LogP contribution is 2.26. The monoisotopic (exact) mass is 1010 g/mol. The maximum absolute atomic E-state index is 13.4. The first-order valence-electron chi connectivity index (χ1n) is 28.9. The van der Waals surface area contributed by atoms with Crippen molar-refractivity contribution >= 4 is 11.9 Å². The van der Waals surface area contributed by atoms with Crippen LogP contribution in [0.25, 0.3) is 0 Å². The molecule has 0 saturated carbocycles. The van der Waals surface area contributed by atoms with Gasteiger partial charge in [-0.1, -0.05) is 228 Å². The Morgan fingerprint density at radius 1 is 0.569 bits per heavy atom. The molecule has 0 spiro atoms. The summed E-state index contributed by atoms with van der Waals surface area (Å²) in [5, 5.41) is 56.8. The number of nitrogens with one attached hydrogen (secondary N) is 1. The smallest absolute Gasteiger partial charge is 0.306 e. The van der Waals surface area contributed by atoms with Crippen molar-refractivity contribution in [1.82, 2.24) is 5.32 Å². The molecular weight excluding hydrogens is 907 g/mol. The Hall–Kier alpha value is -3.16. The molecule has 11 heteroatoms. The van der Waals surface area contributed by atoms with Gasteiger partial charge in [0.15, 0.2) is 12.4 Å². The Balaban J connectivity index is 2.75. The lowest BCUT2D eigenvalue weighted by Crippen LogP contribution is -2.61. The molecule has 1 fully saturated rings. The molecule has 1 amide bonds. The van der Waals surface area contributed by atoms with Crippen molar-refractivity contribution in [3.8, 4) is 0 Å². The summed E-state index contributed by atoms with van der Waals surface area (Å²) < 4.78 is 17.5. The Bertz CT molecular complexity index is 1490. The Kier molecular flexibility index (Phi) is 45.3. The van der Waals surface area contributed by atoms with Crippen LogP contribution in [0.3, 0.4) is 0 Å². The summed E-state index contributed by atoms with van der Waals surface area (Å²) in [5.74, 6) is -1.23. The van der Waals surface area contributed by atoms with Crippen molar-refractivity contribution < 1.29 is 49.3 Å². The van der Waals surface area contributed by atoms with Crippen LogP contribution in [0.4, 0.5) is 0 Å². The fraction of sp³-hybridized carbons (Fsp3) is 0.738. The Morgan fingerprint density at radius 3 is 1.64 bits per heavy atom. The van der Waals surface area contributed by atoms with Crippen molar-refractivity contribution in [2.75, 3.05) is 13.2 Å². The second kappa shape index (κ2) is 48.8. The van der Waals surface area contributed by atoms with Crippen molar-refractivity contribution in [3.63, 3.8) is 0 Å². The largest absolute Gasteiger partial charge is 0.454 e. The zero-order valence-corrected chi connectivity index (χ0v) is 45.5. The molecule has 1 aliphatic rings. The average molecular weight is 1010 g/mol. The number of rotatable bonds is 47. The van der Waals surface area contributed by atoms with Crippen molar-refractivity contribution in [3.05, 3.63) is 85.1 Å². The summed E-state index contributed by atoms with van der Waals surface area (Å²) in [4.78, 5) is 26.5. The van der Waals surface area contributed by atoms with E-state index in [0.29, 0.717) is 12.8 Å². The van der Waals surface area contributed by atoms with E-state index in [9.17, 15) is 35.1 Å². The van der Waals surface area contributed by atoms with Crippen LogP contribution < -0.4 is 5.32 Å². The lowest BCUT2D eigenvalue weighted by atomic mass is 9.99. The normalized spacial score (nSPS) is 20.1. The van der Waals surface area contributed by atoms with Gasteiger partial charge in [0.25, 0.3) is 0 Å². The van der Waals surface area contributed by atoms with Crippen LogP contribution in [0.2, 0.25) is 0 Å². The number of esters is 1. The molecule has 0 radical (unpaired) electrons. The summed E-state index contributed by atoms with van der Waals surface area (Å²) in [6, 6.07) is -1.04. The van der Waals surface area contributed by atoms with Crippen LogP contribution in [0.1, 0.15) is 226 Å². The van der Waals surface area contributed by atoms with E-state index < -0.39 is 67.4 Å². The predicted octanol–water partition coefficient (Wildman–Crippen LogP) is 13.0. The third-order valence-electron chi connectivity index (χ3n) is 13.1. The summed E-state index contributed by atoms with van der Waals surface area (Å²) in [5.41, 5.74) is 0. The SMILES string of the molecule is CC/C=C/C=C/C=C/C=C\CCCCCCCC(=O)OC1C(OCC(NC(=O)C(O)CCCCCCCC/C=C\C/C=C\CCCCC)C(O)/C=C/CCCCCCCCCCCC)OC(CO)C(O)C1O. The van der Waals surface area contributed by atoms with E-state index in [1.165, 1.54) is 77.0 Å². The second-order valence-electron chi connectivity index (χ2n) is 19.7. The molecule has 1 heterocycles. The molecule has 1 rings (SSSR count). The molecule has 0 bridgehead atoms. The first kappa shape index (κ1) is 66.9. The molecule has 8 atom stereocenters. The molecule has 0 aromatic rings. The van der Waals surface area contributed by atoms with Gasteiger partial charge in [0.1, 0.15) is 24.4 Å². The number of amides is 1. The van der Waals surface area contributed by atoms with Gasteiger partial charge in [-0.15, -0.1) is 0 Å². The first-order valence-corrected chi connectivity index (χ1v) is 28.9. The number of carbonyl (C=O) groups excluding carboxylic acids is 2. The number of unbranched alkanes of at least 4 members (excludes halogenated alkanes) is 24. The lowest BCUT2D eigenvalue weighted by Gasteiger charge is -2.41. The third kappa shape index (κ3) is 36.7. The maximum atomic E-state index is 13.4. The number of hydrogen-bond donors (Lipinski definition) is 6. The van der Waals surface area contributed by atoms with Gasteiger partial charge in [-0.3, -0.25) is 9.59 Å². The third-order valence-corrected chi connectivity index (χ3v) is 13.1. The predicted molar refractivity (Wildman–Crippen MR) is 296 cm³/mol. The van der Waals surface area contributed by atoms with E-state index >= 15 is 0 Å². The molecule has 1 saturated heterocycles. The Morgan fingerprint density at radius 2 is 1.06 bits per heavy atom. The van der Waals surface area contributed by atoms with E-state index in [1.54, 1.807) is 6.08 Å². The molecule has 1 aliphatic heterocycles. The lowest BCUT2D eigenvalue weighted by molar-refractivity contribution is -0.305. The van der Waals surface area contributed by atoms with E-state index in [4.69, 9.17) is 14.2 Å². The summed E-state index contributed by atoms with van der Waals surface area (Å²) >= 11 is 0. The molecule has 6 N–H and O–H groups in total. The highest BCUT2D eigenvalue weighted by Gasteiger charge is 2.47. The highest BCUT2D eigenvalue weighted by atomic mass is 16.7. The minimum Gasteiger partial charge on any atom is -0.454 e. The van der Waals surface area contributed by atoms with E-state index in [0.717, 1.165) is 103 Å². The fourth-order valence-corrected chi connectivity index (χ4v) is 8.51. The van der Waals surface area contributed by atoms with Gasteiger partial charge in [-0.25, -0.2) is 0 Å². The zero-order chi connectivity index (χ0) is 52.5. The zero-order valence-electron chi connectivity index (χ0n) is 45.5. The van der Waals surface area contributed by atoms with Gasteiger partial charge in [-0.05, 0) is 77.0 Å². The highest BCUT2D eigenvalue weighted by molar-refractivity contribution is 5.80. The van der Waals surface area contributed by atoms with Crippen LogP contribution in [0, 0.1) is 0 Å². The molecule has 72 heavy (non-hydrogen) atoms. The van der Waals surface area contributed by atoms with Crippen molar-refractivity contribution in [1.29, 1.82) is 0 Å². The maximum Gasteiger partial charge on any atom is 0.306 e. The number of aliphatic hydroxyl groups is 5. The topological polar surface area (TPSA) is 175 Å². The molecule has 11 nitrogen and oxygen atoms in total. The average Bonchev–Trinajstić information content (AvgIpc) is 3.38. The molecule has 8 unspecified atom stereocenters. The molecule has 0 aliphatic carbocycles. The van der Waals surface area contributed by atoms with E-state index in [2.05, 4.69) is 62.5 Å². The summed E-state index contributed by atoms with van der Waals surface area (Å²) in [6.07, 6.45) is 51.9. The van der Waals surface area contributed by atoms with Crippen LogP contribution >= 0.6 is 0 Å².